The first kappa shape index (κ1) is 46.6. The lowest BCUT2D eigenvalue weighted by Crippen LogP contribution is -2.32. The van der Waals surface area contributed by atoms with Crippen LogP contribution in [0.15, 0.2) is 35.4 Å². The van der Waals surface area contributed by atoms with Crippen molar-refractivity contribution in [2.45, 2.75) is 77.5 Å². The summed E-state index contributed by atoms with van der Waals surface area (Å²) in [5.74, 6) is 0.914. The van der Waals surface area contributed by atoms with Crippen molar-refractivity contribution in [1.82, 2.24) is 24.9 Å². The Bertz CT molecular complexity index is 1330. The van der Waals surface area contributed by atoms with Crippen molar-refractivity contribution in [3.63, 3.8) is 0 Å². The average molecular weight is 822 g/mol. The molecule has 2 aromatic rings. The minimum Gasteiger partial charge on any atom is -0.507 e. The zero-order chi connectivity index (χ0) is 32.2. The number of phenols is 2. The number of nitrogens with zero attached hydrogens (tertiary/aromatic N) is 4. The number of phenolic OH excluding ortho intramolecular Hbond substituents is 2. The smallest absolute Gasteiger partial charge is 0.187 e. The van der Waals surface area contributed by atoms with Gasteiger partial charge in [0.25, 0.3) is 0 Å². The van der Waals surface area contributed by atoms with Crippen molar-refractivity contribution in [2.75, 3.05) is 65.4 Å². The second-order valence-corrected chi connectivity index (χ2v) is 14.6. The summed E-state index contributed by atoms with van der Waals surface area (Å²) in [7, 11) is 0. The minimum atomic E-state index is 0. The number of aromatic hydroxyl groups is 2. The maximum atomic E-state index is 14.0. The fourth-order valence-corrected chi connectivity index (χ4v) is 8.28. The second kappa shape index (κ2) is 22.1. The summed E-state index contributed by atoms with van der Waals surface area (Å²) in [6, 6.07) is 8.37. The number of rotatable bonds is 10. The Morgan fingerprint density at radius 1 is 0.481 bits per heavy atom. The fourth-order valence-electron chi connectivity index (χ4n) is 8.28. The van der Waals surface area contributed by atoms with E-state index in [0.29, 0.717) is 24.6 Å². The molecule has 292 valence electrons. The molecular formula is C39H58Cl5N5O3. The van der Waals surface area contributed by atoms with Gasteiger partial charge < -0.3 is 15.5 Å². The van der Waals surface area contributed by atoms with Crippen molar-refractivity contribution < 1.29 is 15.0 Å². The molecule has 52 heavy (non-hydrogen) atoms. The Labute approximate surface area is 341 Å². The maximum absolute atomic E-state index is 14.0. The predicted octanol–water partition coefficient (Wildman–Crippen LogP) is 7.23. The van der Waals surface area contributed by atoms with E-state index >= 15 is 0 Å². The maximum Gasteiger partial charge on any atom is 0.187 e. The Morgan fingerprint density at radius 3 is 0.981 bits per heavy atom. The molecule has 5 fully saturated rings. The zero-order valence-electron chi connectivity index (χ0n) is 30.2. The molecule has 0 saturated carbocycles. The summed E-state index contributed by atoms with van der Waals surface area (Å²) in [5.41, 5.74) is 7.32. The quantitative estimate of drug-likeness (QED) is 0.217. The Hall–Kier alpha value is -1.56. The van der Waals surface area contributed by atoms with Gasteiger partial charge in [0.1, 0.15) is 11.5 Å². The molecular weight excluding hydrogens is 764 g/mol. The highest BCUT2D eigenvalue weighted by Crippen LogP contribution is 2.33. The number of halogens is 5. The van der Waals surface area contributed by atoms with Crippen LogP contribution >= 0.6 is 62.0 Å². The summed E-state index contributed by atoms with van der Waals surface area (Å²) in [5, 5.41) is 26.2. The molecule has 7 rings (SSSR count). The number of hydrogen-bond donors (Lipinski definition) is 3. The number of piperidine rings is 1. The van der Waals surface area contributed by atoms with Gasteiger partial charge in [0, 0.05) is 72.7 Å². The highest BCUT2D eigenvalue weighted by atomic mass is 35.5. The number of Topliss-reactive ketones (excluding diaryl/α,β-unsaturated/α-hetero) is 1. The van der Waals surface area contributed by atoms with Crippen LogP contribution in [-0.4, -0.2) is 101 Å². The molecule has 8 nitrogen and oxygen atoms in total. The molecule has 0 amide bonds. The Kier molecular flexibility index (Phi) is 19.8. The molecule has 0 bridgehead atoms. The number of nitrogens with one attached hydrogen (secondary N) is 1. The fraction of sp³-hybridized carbons (Fsp3) is 0.564. The van der Waals surface area contributed by atoms with E-state index in [-0.39, 0.29) is 67.8 Å². The second-order valence-electron chi connectivity index (χ2n) is 14.6. The minimum absolute atomic E-state index is 0. The van der Waals surface area contributed by atoms with E-state index in [4.69, 9.17) is 0 Å². The average Bonchev–Trinajstić information content (AvgIpc) is 3.90. The summed E-state index contributed by atoms with van der Waals surface area (Å²) in [6.07, 6.45) is 13.8. The number of benzene rings is 2. The molecule has 0 atom stereocenters. The molecule has 5 saturated heterocycles. The molecule has 0 spiro atoms. The molecule has 3 N–H and O–H groups in total. The number of likely N-dealkylation sites (tertiary alicyclic amines) is 4. The van der Waals surface area contributed by atoms with E-state index in [1.807, 2.05) is 12.2 Å². The molecule has 5 aliphatic heterocycles. The Morgan fingerprint density at radius 2 is 0.731 bits per heavy atom. The Balaban J connectivity index is 0.00000187. The van der Waals surface area contributed by atoms with Gasteiger partial charge in [-0.25, -0.2) is 0 Å². The van der Waals surface area contributed by atoms with E-state index in [0.717, 1.165) is 123 Å². The molecule has 5 heterocycles. The van der Waals surface area contributed by atoms with Crippen LogP contribution in [0.25, 0.3) is 12.2 Å². The summed E-state index contributed by atoms with van der Waals surface area (Å²) < 4.78 is 0. The van der Waals surface area contributed by atoms with Crippen LogP contribution in [0.4, 0.5) is 0 Å². The van der Waals surface area contributed by atoms with Crippen LogP contribution in [0.5, 0.6) is 11.5 Å². The van der Waals surface area contributed by atoms with Gasteiger partial charge in [0.15, 0.2) is 5.78 Å². The molecule has 0 aromatic heterocycles. The molecule has 0 radical (unpaired) electrons. The number of carbonyl (C=O) groups is 1. The van der Waals surface area contributed by atoms with Gasteiger partial charge >= 0.3 is 0 Å². The molecule has 2 aromatic carbocycles. The lowest BCUT2D eigenvalue weighted by Gasteiger charge is -2.22. The highest BCUT2D eigenvalue weighted by molar-refractivity contribution is 6.14. The topological polar surface area (TPSA) is 82.5 Å². The summed E-state index contributed by atoms with van der Waals surface area (Å²) >= 11 is 0. The van der Waals surface area contributed by atoms with Crippen LogP contribution < -0.4 is 5.32 Å². The normalized spacial score (nSPS) is 21.4. The molecule has 0 aliphatic carbocycles. The summed E-state index contributed by atoms with van der Waals surface area (Å²) in [6.45, 7) is 12.6. The lowest BCUT2D eigenvalue weighted by atomic mass is 9.93. The van der Waals surface area contributed by atoms with Gasteiger partial charge in [-0.2, -0.15) is 0 Å². The first-order valence-electron chi connectivity index (χ1n) is 18.2. The van der Waals surface area contributed by atoms with Crippen LogP contribution in [0.3, 0.4) is 0 Å². The van der Waals surface area contributed by atoms with Gasteiger partial charge in [-0.15, -0.1) is 62.0 Å². The van der Waals surface area contributed by atoms with Crippen molar-refractivity contribution in [3.05, 3.63) is 68.8 Å². The van der Waals surface area contributed by atoms with Gasteiger partial charge in [-0.1, -0.05) is 0 Å². The third-order valence-corrected chi connectivity index (χ3v) is 10.8. The van der Waals surface area contributed by atoms with Crippen molar-refractivity contribution in [3.8, 4) is 11.5 Å². The SMILES string of the molecule is Cl.Cl.Cl.Cl.Cl.O=C1C(=Cc2cc(CN3CCCC3)c(O)c(CN3CCCC3)c2)CNCC1=Cc1cc(CN2CCCC2)c(O)c(CN2CCCC2)c1. The van der Waals surface area contributed by atoms with Crippen LogP contribution in [-0.2, 0) is 31.0 Å². The number of carbonyl (C=O) groups excluding carboxylic acids is 1. The lowest BCUT2D eigenvalue weighted by molar-refractivity contribution is -0.112. The van der Waals surface area contributed by atoms with Gasteiger partial charge in [-0.3, -0.25) is 24.4 Å². The van der Waals surface area contributed by atoms with Crippen LogP contribution in [0.1, 0.15) is 84.7 Å². The number of ketones is 1. The first-order valence-corrected chi connectivity index (χ1v) is 18.2. The monoisotopic (exact) mass is 819 g/mol. The standard InChI is InChI=1S/C39H53N5O3.5ClH/c45-37-31(17-29-19-33(25-41-9-1-2-10-41)38(46)34(20-29)26-42-11-3-4-12-42)23-40-24-32(37)18-30-21-35(27-43-13-5-6-14-43)39(47)36(22-30)28-44-15-7-8-16-44;;;;;/h17-22,40,46-47H,1-16,23-28H2;5*1H. The summed E-state index contributed by atoms with van der Waals surface area (Å²) in [4.78, 5) is 23.7. The predicted molar refractivity (Wildman–Crippen MR) is 224 cm³/mol. The molecule has 0 unspecified atom stereocenters. The largest absolute Gasteiger partial charge is 0.507 e. The third kappa shape index (κ3) is 11.7. The van der Waals surface area contributed by atoms with Gasteiger partial charge in [0.05, 0.1) is 0 Å². The van der Waals surface area contributed by atoms with Gasteiger partial charge in [0.2, 0.25) is 0 Å². The van der Waals surface area contributed by atoms with E-state index in [2.05, 4.69) is 49.2 Å². The van der Waals surface area contributed by atoms with E-state index in [1.165, 1.54) is 51.4 Å². The van der Waals surface area contributed by atoms with Crippen LogP contribution in [0.2, 0.25) is 0 Å². The molecule has 13 heteroatoms. The van der Waals surface area contributed by atoms with E-state index < -0.39 is 0 Å². The third-order valence-electron chi connectivity index (χ3n) is 10.8. The zero-order valence-corrected chi connectivity index (χ0v) is 34.2. The highest BCUT2D eigenvalue weighted by Gasteiger charge is 2.24. The number of hydrogen-bond acceptors (Lipinski definition) is 8. The van der Waals surface area contributed by atoms with E-state index in [9.17, 15) is 15.0 Å². The molecule has 5 aliphatic rings. The van der Waals surface area contributed by atoms with Crippen LogP contribution in [0, 0.1) is 0 Å². The first-order chi connectivity index (χ1) is 23.0. The van der Waals surface area contributed by atoms with Crippen molar-refractivity contribution in [1.29, 1.82) is 0 Å². The van der Waals surface area contributed by atoms with E-state index in [1.54, 1.807) is 0 Å². The van der Waals surface area contributed by atoms with Crippen molar-refractivity contribution >= 4 is 80.0 Å². The van der Waals surface area contributed by atoms with Gasteiger partial charge in [-0.05, 0) is 151 Å². The van der Waals surface area contributed by atoms with Crippen molar-refractivity contribution in [2.24, 2.45) is 0 Å².